The molecule has 0 N–H and O–H groups in total. The molecule has 5 nitrogen and oxygen atoms in total. The third kappa shape index (κ3) is 3.42. The number of carbonyl (C=O) groups is 1. The van der Waals surface area contributed by atoms with E-state index >= 15 is 0 Å². The summed E-state index contributed by atoms with van der Waals surface area (Å²) in [7, 11) is 1.58. The fraction of sp³-hybridized carbons (Fsp3) is 0.143. The maximum absolute atomic E-state index is 13.3. The highest BCUT2D eigenvalue weighted by Crippen LogP contribution is 2.39. The molecule has 0 saturated carbocycles. The molecule has 5 aromatic rings. The highest BCUT2D eigenvalue weighted by molar-refractivity contribution is 6.16. The predicted octanol–water partition coefficient (Wildman–Crippen LogP) is 6.32. The van der Waals surface area contributed by atoms with Crippen molar-refractivity contribution in [2.45, 2.75) is 20.3 Å². The van der Waals surface area contributed by atoms with Gasteiger partial charge in [-0.1, -0.05) is 37.3 Å². The Morgan fingerprint density at radius 3 is 2.33 bits per heavy atom. The molecule has 164 valence electrons. The maximum atomic E-state index is 13.3. The molecule has 0 aliphatic heterocycles. The number of hydrogen-bond acceptors (Lipinski definition) is 5. The molecule has 0 bridgehead atoms. The van der Waals surface area contributed by atoms with Crippen molar-refractivity contribution in [1.82, 2.24) is 0 Å². The molecular formula is C28H22O5. The average Bonchev–Trinajstić information content (AvgIpc) is 3.20. The number of hydrogen-bond donors (Lipinski definition) is 0. The van der Waals surface area contributed by atoms with E-state index in [0.29, 0.717) is 39.8 Å². The van der Waals surface area contributed by atoms with Crippen LogP contribution < -0.4 is 10.4 Å². The summed E-state index contributed by atoms with van der Waals surface area (Å²) in [6, 6.07) is 20.1. The lowest BCUT2D eigenvalue weighted by atomic mass is 9.96. The zero-order valence-electron chi connectivity index (χ0n) is 18.6. The molecule has 0 aliphatic carbocycles. The maximum Gasteiger partial charge on any atom is 0.336 e. The van der Waals surface area contributed by atoms with Crippen LogP contribution in [0.5, 0.6) is 5.75 Å². The second kappa shape index (κ2) is 8.10. The molecule has 0 spiro atoms. The van der Waals surface area contributed by atoms with Gasteiger partial charge in [0.15, 0.2) is 5.76 Å². The predicted molar refractivity (Wildman–Crippen MR) is 128 cm³/mol. The molecule has 5 heteroatoms. The molecule has 0 saturated heterocycles. The fourth-order valence-electron chi connectivity index (χ4n) is 4.29. The summed E-state index contributed by atoms with van der Waals surface area (Å²) in [4.78, 5) is 25.8. The minimum absolute atomic E-state index is 0.233. The third-order valence-corrected chi connectivity index (χ3v) is 6.01. The first kappa shape index (κ1) is 20.8. The Kier molecular flexibility index (Phi) is 5.09. The van der Waals surface area contributed by atoms with Crippen molar-refractivity contribution in [3.8, 4) is 16.9 Å². The number of methoxy groups -OCH3 is 1. The lowest BCUT2D eigenvalue weighted by Crippen LogP contribution is -2.01. The zero-order valence-corrected chi connectivity index (χ0v) is 18.6. The van der Waals surface area contributed by atoms with Gasteiger partial charge in [0.2, 0.25) is 5.78 Å². The van der Waals surface area contributed by atoms with Crippen LogP contribution in [0, 0.1) is 6.92 Å². The molecule has 3 aromatic carbocycles. The van der Waals surface area contributed by atoms with Gasteiger partial charge < -0.3 is 13.6 Å². The number of ether oxygens (including phenoxy) is 1. The molecular weight excluding hydrogens is 416 g/mol. The van der Waals surface area contributed by atoms with Gasteiger partial charge in [-0.15, -0.1) is 0 Å². The van der Waals surface area contributed by atoms with E-state index in [2.05, 4.69) is 0 Å². The Morgan fingerprint density at radius 2 is 1.67 bits per heavy atom. The van der Waals surface area contributed by atoms with E-state index in [1.54, 1.807) is 31.4 Å². The molecule has 5 rings (SSSR count). The first-order valence-corrected chi connectivity index (χ1v) is 10.8. The van der Waals surface area contributed by atoms with Gasteiger partial charge in [-0.25, -0.2) is 4.79 Å². The summed E-state index contributed by atoms with van der Waals surface area (Å²) in [6.07, 6.45) is 0.697. The first-order valence-electron chi connectivity index (χ1n) is 10.8. The van der Waals surface area contributed by atoms with Crippen LogP contribution in [-0.4, -0.2) is 12.9 Å². The van der Waals surface area contributed by atoms with E-state index in [-0.39, 0.29) is 11.5 Å². The van der Waals surface area contributed by atoms with Crippen molar-refractivity contribution in [2.75, 3.05) is 7.11 Å². The van der Waals surface area contributed by atoms with Crippen LogP contribution in [-0.2, 0) is 6.42 Å². The molecule has 0 amide bonds. The minimum atomic E-state index is -0.449. The van der Waals surface area contributed by atoms with Crippen LogP contribution in [0.3, 0.4) is 0 Å². The Morgan fingerprint density at radius 1 is 0.939 bits per heavy atom. The highest BCUT2D eigenvalue weighted by Gasteiger charge is 2.24. The van der Waals surface area contributed by atoms with Gasteiger partial charge in [-0.3, -0.25) is 4.79 Å². The van der Waals surface area contributed by atoms with Crippen LogP contribution in [0.25, 0.3) is 33.1 Å². The molecule has 2 heterocycles. The highest BCUT2D eigenvalue weighted by atomic mass is 16.5. The van der Waals surface area contributed by atoms with Gasteiger partial charge in [0.25, 0.3) is 0 Å². The number of rotatable bonds is 5. The van der Waals surface area contributed by atoms with Crippen LogP contribution >= 0.6 is 0 Å². The minimum Gasteiger partial charge on any atom is -0.497 e. The summed E-state index contributed by atoms with van der Waals surface area (Å²) in [5.41, 5.74) is 4.37. The second-order valence-corrected chi connectivity index (χ2v) is 7.93. The molecule has 0 unspecified atom stereocenters. The topological polar surface area (TPSA) is 69.7 Å². The number of benzene rings is 3. The molecule has 0 atom stereocenters. The first-order chi connectivity index (χ1) is 16.0. The molecule has 2 aromatic heterocycles. The van der Waals surface area contributed by atoms with Crippen LogP contribution in [0.4, 0.5) is 0 Å². The van der Waals surface area contributed by atoms with Gasteiger partial charge in [0, 0.05) is 22.6 Å². The van der Waals surface area contributed by atoms with E-state index in [0.717, 1.165) is 22.1 Å². The van der Waals surface area contributed by atoms with Crippen molar-refractivity contribution in [2.24, 2.45) is 0 Å². The average molecular weight is 438 g/mol. The summed E-state index contributed by atoms with van der Waals surface area (Å²) >= 11 is 0. The number of ketones is 1. The van der Waals surface area contributed by atoms with Gasteiger partial charge in [-0.05, 0) is 60.4 Å². The Balaban J connectivity index is 1.80. The van der Waals surface area contributed by atoms with Crippen LogP contribution in [0.2, 0.25) is 0 Å². The van der Waals surface area contributed by atoms with Crippen LogP contribution in [0.15, 0.2) is 80.4 Å². The van der Waals surface area contributed by atoms with Gasteiger partial charge in [0.1, 0.15) is 16.9 Å². The van der Waals surface area contributed by atoms with Crippen molar-refractivity contribution < 1.29 is 18.4 Å². The summed E-state index contributed by atoms with van der Waals surface area (Å²) in [5, 5.41) is 1.48. The fourth-order valence-corrected chi connectivity index (χ4v) is 4.29. The number of carbonyl (C=O) groups excluding carboxylic acids is 1. The molecule has 0 aliphatic rings. The second-order valence-electron chi connectivity index (χ2n) is 7.93. The Labute approximate surface area is 190 Å². The van der Waals surface area contributed by atoms with E-state index in [1.165, 1.54) is 6.07 Å². The summed E-state index contributed by atoms with van der Waals surface area (Å²) in [5.74, 6) is 0.676. The Hall–Kier alpha value is -4.12. The molecule has 33 heavy (non-hydrogen) atoms. The van der Waals surface area contributed by atoms with Crippen LogP contribution in [0.1, 0.15) is 34.2 Å². The zero-order chi connectivity index (χ0) is 23.1. The van der Waals surface area contributed by atoms with Crippen molar-refractivity contribution in [3.05, 3.63) is 99.6 Å². The molecule has 0 fully saturated rings. The van der Waals surface area contributed by atoms with Gasteiger partial charge >= 0.3 is 5.63 Å². The standard InChI is InChI=1S/C28H22O5/c1-4-17-14-22-21(18-8-6-5-7-9-18)15-23(29)32-28(22)24-16(2)26(33-27(17)24)25(30)19-10-12-20(31-3)13-11-19/h5-15H,4H2,1-3H3. The summed E-state index contributed by atoms with van der Waals surface area (Å²) in [6.45, 7) is 3.86. The normalized spacial score (nSPS) is 11.2. The number of fused-ring (bicyclic) bond motifs is 3. The lowest BCUT2D eigenvalue weighted by Gasteiger charge is -2.09. The SMILES string of the molecule is CCc1cc2c(-c3ccccc3)cc(=O)oc2c2c(C)c(C(=O)c3ccc(OC)cc3)oc12. The van der Waals surface area contributed by atoms with E-state index in [9.17, 15) is 9.59 Å². The van der Waals surface area contributed by atoms with Crippen molar-refractivity contribution in [3.63, 3.8) is 0 Å². The van der Waals surface area contributed by atoms with Gasteiger partial charge in [-0.2, -0.15) is 0 Å². The lowest BCUT2D eigenvalue weighted by molar-refractivity contribution is 0.101. The summed E-state index contributed by atoms with van der Waals surface area (Å²) < 4.78 is 17.0. The van der Waals surface area contributed by atoms with E-state index < -0.39 is 5.63 Å². The quantitative estimate of drug-likeness (QED) is 0.237. The Bertz CT molecular complexity index is 1550. The smallest absolute Gasteiger partial charge is 0.336 e. The third-order valence-electron chi connectivity index (χ3n) is 6.01. The number of furan rings is 1. The van der Waals surface area contributed by atoms with Crippen molar-refractivity contribution >= 4 is 27.7 Å². The van der Waals surface area contributed by atoms with E-state index in [4.69, 9.17) is 13.6 Å². The largest absolute Gasteiger partial charge is 0.497 e. The van der Waals surface area contributed by atoms with Gasteiger partial charge in [0.05, 0.1) is 12.5 Å². The molecule has 0 radical (unpaired) electrons. The number of aryl methyl sites for hydroxylation is 2. The van der Waals surface area contributed by atoms with E-state index in [1.807, 2.05) is 50.2 Å². The monoisotopic (exact) mass is 438 g/mol. The van der Waals surface area contributed by atoms with Crippen molar-refractivity contribution in [1.29, 1.82) is 0 Å².